The molecule has 0 radical (unpaired) electrons. The molecule has 106 valence electrons. The van der Waals surface area contributed by atoms with Crippen LogP contribution in [0.15, 0.2) is 42.5 Å². The van der Waals surface area contributed by atoms with E-state index in [1.807, 2.05) is 42.5 Å². The van der Waals surface area contributed by atoms with Crippen molar-refractivity contribution in [1.29, 1.82) is 0 Å². The Morgan fingerprint density at radius 1 is 1.15 bits per heavy atom. The molecule has 0 saturated carbocycles. The molecule has 3 rings (SSSR count). The lowest BCUT2D eigenvalue weighted by atomic mass is 10.1. The number of hydrogen-bond acceptors (Lipinski definition) is 3. The minimum Gasteiger partial charge on any atom is -0.313 e. The van der Waals surface area contributed by atoms with Crippen molar-refractivity contribution in [3.05, 3.63) is 42.5 Å². The summed E-state index contributed by atoms with van der Waals surface area (Å²) in [6, 6.07) is 13.5. The van der Waals surface area contributed by atoms with Crippen LogP contribution < -0.4 is 10.0 Å². The lowest BCUT2D eigenvalue weighted by Crippen LogP contribution is -2.32. The van der Waals surface area contributed by atoms with Crippen LogP contribution in [-0.2, 0) is 10.0 Å². The fourth-order valence-electron chi connectivity index (χ4n) is 2.69. The van der Waals surface area contributed by atoms with Crippen molar-refractivity contribution < 1.29 is 8.42 Å². The normalized spacial score (nSPS) is 19.3. The van der Waals surface area contributed by atoms with Gasteiger partial charge in [-0.3, -0.25) is 4.72 Å². The zero-order valence-electron chi connectivity index (χ0n) is 11.2. The largest absolute Gasteiger partial charge is 0.313 e. The van der Waals surface area contributed by atoms with E-state index in [-0.39, 0.29) is 11.8 Å². The van der Waals surface area contributed by atoms with Crippen LogP contribution in [0, 0.1) is 0 Å². The lowest BCUT2D eigenvalue weighted by molar-refractivity contribution is 0.582. The van der Waals surface area contributed by atoms with Gasteiger partial charge in [0.05, 0.1) is 11.4 Å². The van der Waals surface area contributed by atoms with Crippen molar-refractivity contribution in [2.24, 2.45) is 0 Å². The summed E-state index contributed by atoms with van der Waals surface area (Å²) in [6.45, 7) is 0.911. The fraction of sp³-hybridized carbons (Fsp3) is 0.333. The number of nitrogens with one attached hydrogen (secondary N) is 2. The summed E-state index contributed by atoms with van der Waals surface area (Å²) in [5.41, 5.74) is 0.654. The van der Waals surface area contributed by atoms with Gasteiger partial charge in [-0.15, -0.1) is 0 Å². The molecule has 1 heterocycles. The van der Waals surface area contributed by atoms with Gasteiger partial charge in [0.25, 0.3) is 0 Å². The molecule has 1 saturated heterocycles. The maximum Gasteiger partial charge on any atom is 0.234 e. The Balaban J connectivity index is 1.85. The van der Waals surface area contributed by atoms with Crippen LogP contribution in [-0.4, -0.2) is 26.8 Å². The molecule has 1 aliphatic heterocycles. The molecule has 20 heavy (non-hydrogen) atoms. The van der Waals surface area contributed by atoms with Gasteiger partial charge >= 0.3 is 0 Å². The zero-order chi connectivity index (χ0) is 14.0. The van der Waals surface area contributed by atoms with E-state index in [0.717, 1.165) is 30.2 Å². The topological polar surface area (TPSA) is 58.2 Å². The molecule has 0 amide bonds. The Labute approximate surface area is 119 Å². The molecule has 1 fully saturated rings. The maximum absolute atomic E-state index is 12.2. The predicted molar refractivity (Wildman–Crippen MR) is 82.4 cm³/mol. The van der Waals surface area contributed by atoms with Crippen molar-refractivity contribution in [3.63, 3.8) is 0 Å². The standard InChI is InChI=1S/C15H18N2O2S/c18-20(19,11-13-7-4-10-16-13)17-15-9-3-6-12-5-1-2-8-14(12)15/h1-3,5-6,8-9,13,16-17H,4,7,10-11H2. The number of hydrogen-bond donors (Lipinski definition) is 2. The molecule has 2 N–H and O–H groups in total. The van der Waals surface area contributed by atoms with E-state index in [1.54, 1.807) is 0 Å². The highest BCUT2D eigenvalue weighted by Gasteiger charge is 2.22. The van der Waals surface area contributed by atoms with Gasteiger partial charge in [-0.2, -0.15) is 0 Å². The van der Waals surface area contributed by atoms with Gasteiger partial charge in [0.15, 0.2) is 0 Å². The average Bonchev–Trinajstić information content (AvgIpc) is 2.91. The first-order chi connectivity index (χ1) is 9.64. The van der Waals surface area contributed by atoms with E-state index in [0.29, 0.717) is 5.69 Å². The first-order valence-corrected chi connectivity index (χ1v) is 8.51. The van der Waals surface area contributed by atoms with Crippen LogP contribution in [0.5, 0.6) is 0 Å². The SMILES string of the molecule is O=S(=O)(CC1CCCN1)Nc1cccc2ccccc12. The second-order valence-electron chi connectivity index (χ2n) is 5.20. The number of fused-ring (bicyclic) bond motifs is 1. The van der Waals surface area contributed by atoms with Crippen LogP contribution in [0.1, 0.15) is 12.8 Å². The Kier molecular flexibility index (Phi) is 3.63. The van der Waals surface area contributed by atoms with E-state index >= 15 is 0 Å². The van der Waals surface area contributed by atoms with Crippen molar-refractivity contribution >= 4 is 26.5 Å². The highest BCUT2D eigenvalue weighted by molar-refractivity contribution is 7.92. The molecule has 0 spiro atoms. The van der Waals surface area contributed by atoms with Crippen molar-refractivity contribution in [1.82, 2.24) is 5.32 Å². The highest BCUT2D eigenvalue weighted by atomic mass is 32.2. The third kappa shape index (κ3) is 2.94. The smallest absolute Gasteiger partial charge is 0.234 e. The fourth-order valence-corrected chi connectivity index (χ4v) is 4.10. The third-order valence-electron chi connectivity index (χ3n) is 3.64. The molecule has 2 aromatic rings. The molecule has 4 nitrogen and oxygen atoms in total. The van der Waals surface area contributed by atoms with Crippen LogP contribution >= 0.6 is 0 Å². The van der Waals surface area contributed by atoms with Crippen LogP contribution in [0.25, 0.3) is 10.8 Å². The quantitative estimate of drug-likeness (QED) is 0.908. The first kappa shape index (κ1) is 13.4. The molecule has 1 aliphatic rings. The van der Waals surface area contributed by atoms with E-state index in [1.165, 1.54) is 0 Å². The average molecular weight is 290 g/mol. The van der Waals surface area contributed by atoms with Gasteiger partial charge in [-0.05, 0) is 30.8 Å². The van der Waals surface area contributed by atoms with Gasteiger partial charge in [0, 0.05) is 11.4 Å². The summed E-state index contributed by atoms with van der Waals surface area (Å²) in [7, 11) is -3.32. The summed E-state index contributed by atoms with van der Waals surface area (Å²) >= 11 is 0. The van der Waals surface area contributed by atoms with E-state index in [2.05, 4.69) is 10.0 Å². The molecular formula is C15H18N2O2S. The zero-order valence-corrected chi connectivity index (χ0v) is 12.0. The Morgan fingerprint density at radius 3 is 2.75 bits per heavy atom. The van der Waals surface area contributed by atoms with Crippen molar-refractivity contribution in [2.75, 3.05) is 17.0 Å². The number of rotatable bonds is 4. The van der Waals surface area contributed by atoms with E-state index in [4.69, 9.17) is 0 Å². The van der Waals surface area contributed by atoms with Crippen LogP contribution in [0.4, 0.5) is 5.69 Å². The summed E-state index contributed by atoms with van der Waals surface area (Å²) in [5.74, 6) is 0.135. The monoisotopic (exact) mass is 290 g/mol. The summed E-state index contributed by atoms with van der Waals surface area (Å²) in [6.07, 6.45) is 1.98. The van der Waals surface area contributed by atoms with E-state index < -0.39 is 10.0 Å². The van der Waals surface area contributed by atoms with Gasteiger partial charge in [0.1, 0.15) is 0 Å². The molecule has 5 heteroatoms. The molecule has 1 atom stereocenters. The van der Waals surface area contributed by atoms with Gasteiger partial charge in [-0.25, -0.2) is 8.42 Å². The van der Waals surface area contributed by atoms with Crippen molar-refractivity contribution in [3.8, 4) is 0 Å². The third-order valence-corrected chi connectivity index (χ3v) is 5.01. The number of sulfonamides is 1. The Bertz CT molecular complexity index is 701. The van der Waals surface area contributed by atoms with E-state index in [9.17, 15) is 8.42 Å². The minimum atomic E-state index is -3.32. The summed E-state index contributed by atoms with van der Waals surface area (Å²) < 4.78 is 27.2. The second kappa shape index (κ2) is 5.42. The Hall–Kier alpha value is -1.59. The predicted octanol–water partition coefficient (Wildman–Crippen LogP) is 2.33. The summed E-state index contributed by atoms with van der Waals surface area (Å²) in [5, 5.41) is 5.18. The first-order valence-electron chi connectivity index (χ1n) is 6.86. The number of benzene rings is 2. The molecule has 0 bridgehead atoms. The van der Waals surface area contributed by atoms with Crippen molar-refractivity contribution in [2.45, 2.75) is 18.9 Å². The summed E-state index contributed by atoms with van der Waals surface area (Å²) in [4.78, 5) is 0. The van der Waals surface area contributed by atoms with Crippen LogP contribution in [0.2, 0.25) is 0 Å². The lowest BCUT2D eigenvalue weighted by Gasteiger charge is -2.14. The molecule has 0 aromatic heterocycles. The van der Waals surface area contributed by atoms with Crippen LogP contribution in [0.3, 0.4) is 0 Å². The second-order valence-corrected chi connectivity index (χ2v) is 6.97. The Morgan fingerprint density at radius 2 is 1.95 bits per heavy atom. The number of anilines is 1. The van der Waals surface area contributed by atoms with Gasteiger partial charge < -0.3 is 5.32 Å². The molecule has 2 aromatic carbocycles. The molecular weight excluding hydrogens is 272 g/mol. The van der Waals surface area contributed by atoms with Gasteiger partial charge in [0.2, 0.25) is 10.0 Å². The maximum atomic E-state index is 12.2. The highest BCUT2D eigenvalue weighted by Crippen LogP contribution is 2.24. The van der Waals surface area contributed by atoms with Gasteiger partial charge in [-0.1, -0.05) is 36.4 Å². The minimum absolute atomic E-state index is 0.0717. The molecule has 0 aliphatic carbocycles. The molecule has 1 unspecified atom stereocenters.